The number of carbonyl (C=O) groups excluding carboxylic acids is 1. The fraction of sp³-hybridized carbons (Fsp3) is 0.269. The number of rotatable bonds is 5. The SMILES string of the molecule is Cc1ccc(S(=O)(=O)N2CCN(c3ccc(C(=O)c4ccc(C)c(C)c4)cc3F)CC2)cc1. The van der Waals surface area contributed by atoms with Gasteiger partial charge in [-0.1, -0.05) is 29.8 Å². The highest BCUT2D eigenvalue weighted by atomic mass is 32.2. The van der Waals surface area contributed by atoms with Crippen LogP contribution in [0.5, 0.6) is 0 Å². The minimum atomic E-state index is -3.58. The minimum Gasteiger partial charge on any atom is -0.367 e. The van der Waals surface area contributed by atoms with E-state index in [0.717, 1.165) is 16.7 Å². The molecule has 0 spiro atoms. The third kappa shape index (κ3) is 4.70. The number of piperazine rings is 1. The van der Waals surface area contributed by atoms with Gasteiger partial charge in [-0.15, -0.1) is 0 Å². The first-order valence-electron chi connectivity index (χ1n) is 10.9. The Morgan fingerprint density at radius 1 is 0.788 bits per heavy atom. The van der Waals surface area contributed by atoms with Gasteiger partial charge in [0.05, 0.1) is 10.6 Å². The highest BCUT2D eigenvalue weighted by Gasteiger charge is 2.29. The Morgan fingerprint density at radius 3 is 2.00 bits per heavy atom. The molecule has 4 rings (SSSR count). The molecule has 3 aromatic rings. The number of carbonyl (C=O) groups is 1. The molecule has 1 heterocycles. The second kappa shape index (κ2) is 9.08. The summed E-state index contributed by atoms with van der Waals surface area (Å²) in [5.74, 6) is -0.711. The van der Waals surface area contributed by atoms with E-state index in [-0.39, 0.29) is 23.8 Å². The lowest BCUT2D eigenvalue weighted by Gasteiger charge is -2.35. The van der Waals surface area contributed by atoms with Crippen molar-refractivity contribution in [2.75, 3.05) is 31.1 Å². The van der Waals surface area contributed by atoms with Gasteiger partial charge >= 0.3 is 0 Å². The molecule has 0 amide bonds. The van der Waals surface area contributed by atoms with Gasteiger partial charge in [-0.3, -0.25) is 4.79 Å². The van der Waals surface area contributed by atoms with Crippen LogP contribution in [0.4, 0.5) is 10.1 Å². The molecule has 0 aliphatic carbocycles. The molecule has 1 aliphatic heterocycles. The van der Waals surface area contributed by atoms with E-state index in [0.29, 0.717) is 29.9 Å². The molecule has 1 fully saturated rings. The van der Waals surface area contributed by atoms with Crippen molar-refractivity contribution >= 4 is 21.5 Å². The maximum absolute atomic E-state index is 15.0. The lowest BCUT2D eigenvalue weighted by molar-refractivity contribution is 0.103. The van der Waals surface area contributed by atoms with Crippen LogP contribution in [0, 0.1) is 26.6 Å². The Morgan fingerprint density at radius 2 is 1.39 bits per heavy atom. The van der Waals surface area contributed by atoms with E-state index in [1.807, 2.05) is 37.8 Å². The quantitative estimate of drug-likeness (QED) is 0.520. The lowest BCUT2D eigenvalue weighted by Crippen LogP contribution is -2.48. The molecule has 1 aliphatic rings. The summed E-state index contributed by atoms with van der Waals surface area (Å²) in [6.07, 6.45) is 0. The van der Waals surface area contributed by atoms with Crippen LogP contribution in [0.2, 0.25) is 0 Å². The average Bonchev–Trinajstić information content (AvgIpc) is 2.81. The summed E-state index contributed by atoms with van der Waals surface area (Å²) in [7, 11) is -3.58. The normalized spacial score (nSPS) is 15.0. The van der Waals surface area contributed by atoms with Crippen LogP contribution in [0.1, 0.15) is 32.6 Å². The molecule has 5 nitrogen and oxygen atoms in total. The molecule has 0 aromatic heterocycles. The van der Waals surface area contributed by atoms with Crippen molar-refractivity contribution in [3.05, 3.63) is 94.3 Å². The van der Waals surface area contributed by atoms with Crippen molar-refractivity contribution in [2.24, 2.45) is 0 Å². The van der Waals surface area contributed by atoms with Crippen LogP contribution in [0.25, 0.3) is 0 Å². The number of halogens is 1. The van der Waals surface area contributed by atoms with Crippen molar-refractivity contribution in [1.82, 2.24) is 4.31 Å². The van der Waals surface area contributed by atoms with E-state index in [4.69, 9.17) is 0 Å². The summed E-state index contributed by atoms with van der Waals surface area (Å²) < 4.78 is 42.2. The Hall–Kier alpha value is -3.03. The summed E-state index contributed by atoms with van der Waals surface area (Å²) in [6.45, 7) is 7.08. The fourth-order valence-corrected chi connectivity index (χ4v) is 5.40. The van der Waals surface area contributed by atoms with E-state index in [2.05, 4.69) is 0 Å². The standard InChI is InChI=1S/C26H27FN2O3S/c1-18-4-9-23(10-5-18)33(31,32)29-14-12-28(13-15-29)25-11-8-22(17-24(25)27)26(30)21-7-6-19(2)20(3)16-21/h4-11,16-17H,12-15H2,1-3H3. The van der Waals surface area contributed by atoms with E-state index in [1.165, 1.54) is 10.4 Å². The van der Waals surface area contributed by atoms with Gasteiger partial charge in [-0.25, -0.2) is 12.8 Å². The van der Waals surface area contributed by atoms with E-state index in [1.54, 1.807) is 42.5 Å². The first kappa shape index (κ1) is 23.1. The van der Waals surface area contributed by atoms with Gasteiger partial charge in [0.2, 0.25) is 10.0 Å². The molecule has 33 heavy (non-hydrogen) atoms. The number of ketones is 1. The average molecular weight is 467 g/mol. The van der Waals surface area contributed by atoms with Gasteiger partial charge in [0.1, 0.15) is 5.82 Å². The summed E-state index contributed by atoms with van der Waals surface area (Å²) >= 11 is 0. The zero-order valence-corrected chi connectivity index (χ0v) is 19.8. The third-order valence-corrected chi connectivity index (χ3v) is 8.13. The number of aryl methyl sites for hydroxylation is 3. The van der Waals surface area contributed by atoms with Crippen LogP contribution in [-0.2, 0) is 10.0 Å². The predicted molar refractivity (Wildman–Crippen MR) is 128 cm³/mol. The summed E-state index contributed by atoms with van der Waals surface area (Å²) in [6, 6.07) is 16.7. The molecule has 7 heteroatoms. The molecule has 0 bridgehead atoms. The van der Waals surface area contributed by atoms with E-state index < -0.39 is 15.8 Å². The Bertz CT molecular complexity index is 1300. The van der Waals surface area contributed by atoms with E-state index in [9.17, 15) is 17.6 Å². The van der Waals surface area contributed by atoms with Gasteiger partial charge in [0, 0.05) is 37.3 Å². The number of hydrogen-bond donors (Lipinski definition) is 0. The number of benzene rings is 3. The van der Waals surface area contributed by atoms with Crippen molar-refractivity contribution in [1.29, 1.82) is 0 Å². The fourth-order valence-electron chi connectivity index (χ4n) is 3.98. The second-order valence-corrected chi connectivity index (χ2v) is 10.4. The minimum absolute atomic E-state index is 0.224. The van der Waals surface area contributed by atoms with Crippen molar-refractivity contribution in [3.63, 3.8) is 0 Å². The molecule has 0 unspecified atom stereocenters. The highest BCUT2D eigenvalue weighted by molar-refractivity contribution is 7.89. The Kier molecular flexibility index (Phi) is 6.36. The Labute approximate surface area is 194 Å². The van der Waals surface area contributed by atoms with Gasteiger partial charge in [0.25, 0.3) is 0 Å². The van der Waals surface area contributed by atoms with Gasteiger partial charge in [0.15, 0.2) is 5.78 Å². The van der Waals surface area contributed by atoms with Crippen molar-refractivity contribution in [3.8, 4) is 0 Å². The molecular weight excluding hydrogens is 439 g/mol. The topological polar surface area (TPSA) is 57.7 Å². The number of nitrogens with zero attached hydrogens (tertiary/aromatic N) is 2. The first-order chi connectivity index (χ1) is 15.7. The molecule has 0 atom stereocenters. The van der Waals surface area contributed by atoms with Crippen LogP contribution in [0.15, 0.2) is 65.6 Å². The molecule has 0 saturated carbocycles. The maximum atomic E-state index is 15.0. The van der Waals surface area contributed by atoms with Crippen LogP contribution >= 0.6 is 0 Å². The zero-order chi connectivity index (χ0) is 23.8. The predicted octanol–water partition coefficient (Wildman–Crippen LogP) is 4.49. The monoisotopic (exact) mass is 466 g/mol. The number of hydrogen-bond acceptors (Lipinski definition) is 4. The van der Waals surface area contributed by atoms with Gasteiger partial charge in [-0.2, -0.15) is 4.31 Å². The van der Waals surface area contributed by atoms with Crippen LogP contribution in [0.3, 0.4) is 0 Å². The van der Waals surface area contributed by atoms with Crippen LogP contribution in [-0.4, -0.2) is 44.7 Å². The van der Waals surface area contributed by atoms with E-state index >= 15 is 0 Å². The molecular formula is C26H27FN2O3S. The molecule has 0 radical (unpaired) electrons. The summed E-state index contributed by atoms with van der Waals surface area (Å²) in [4.78, 5) is 14.9. The molecule has 1 saturated heterocycles. The molecule has 172 valence electrons. The first-order valence-corrected chi connectivity index (χ1v) is 12.3. The molecule has 3 aromatic carbocycles. The van der Waals surface area contributed by atoms with Crippen molar-refractivity contribution in [2.45, 2.75) is 25.7 Å². The lowest BCUT2D eigenvalue weighted by atomic mass is 9.99. The summed E-state index contributed by atoms with van der Waals surface area (Å²) in [5.41, 5.74) is 4.29. The second-order valence-electron chi connectivity index (χ2n) is 8.50. The van der Waals surface area contributed by atoms with Gasteiger partial charge in [-0.05, 0) is 68.3 Å². The highest BCUT2D eigenvalue weighted by Crippen LogP contribution is 2.25. The smallest absolute Gasteiger partial charge is 0.243 e. The third-order valence-electron chi connectivity index (χ3n) is 6.22. The Balaban J connectivity index is 1.47. The zero-order valence-electron chi connectivity index (χ0n) is 19.0. The van der Waals surface area contributed by atoms with Crippen LogP contribution < -0.4 is 4.90 Å². The summed E-state index contributed by atoms with van der Waals surface area (Å²) in [5, 5.41) is 0. The number of sulfonamides is 1. The van der Waals surface area contributed by atoms with Crippen molar-refractivity contribution < 1.29 is 17.6 Å². The molecule has 0 N–H and O–H groups in total. The van der Waals surface area contributed by atoms with Gasteiger partial charge < -0.3 is 4.90 Å². The largest absolute Gasteiger partial charge is 0.367 e. The maximum Gasteiger partial charge on any atom is 0.243 e. The number of anilines is 1.